The van der Waals surface area contributed by atoms with Gasteiger partial charge >= 0.3 is 17.9 Å². The first kappa shape index (κ1) is 26.3. The Kier molecular flexibility index (Phi) is 14.4. The number of methoxy groups -OCH3 is 3. The van der Waals surface area contributed by atoms with Gasteiger partial charge < -0.3 is 19.5 Å². The van der Waals surface area contributed by atoms with Gasteiger partial charge in [-0.2, -0.15) is 15.8 Å². The third-order valence-corrected chi connectivity index (χ3v) is 2.63. The second-order valence-electron chi connectivity index (χ2n) is 4.70. The predicted molar refractivity (Wildman–Crippen MR) is 94.4 cm³/mol. The maximum Gasteiger partial charge on any atom is 0.348 e. The number of quaternary nitrogens is 1. The average Bonchev–Trinajstić information content (AvgIpc) is 2.71. The van der Waals surface area contributed by atoms with Gasteiger partial charge in [-0.25, -0.2) is 9.59 Å². The van der Waals surface area contributed by atoms with Gasteiger partial charge in [0.25, 0.3) is 0 Å². The van der Waals surface area contributed by atoms with Gasteiger partial charge in [-0.1, -0.05) is 0 Å². The molecule has 0 saturated carbocycles. The highest BCUT2D eigenvalue weighted by atomic mass is 16.5. The number of ether oxygens (including phenoxy) is 3. The van der Waals surface area contributed by atoms with Crippen molar-refractivity contribution in [2.45, 2.75) is 0 Å². The maximum atomic E-state index is 11.5. The summed E-state index contributed by atoms with van der Waals surface area (Å²) in [6, 6.07) is 4.79. The van der Waals surface area contributed by atoms with E-state index in [1.807, 2.05) is 19.4 Å². The van der Waals surface area contributed by atoms with Crippen LogP contribution in [-0.4, -0.2) is 53.3 Å². The van der Waals surface area contributed by atoms with Crippen LogP contribution in [0.25, 0.3) is 0 Å². The molecule has 10 nitrogen and oxygen atoms in total. The van der Waals surface area contributed by atoms with E-state index in [9.17, 15) is 14.4 Å². The third kappa shape index (κ3) is 9.52. The molecule has 0 amide bonds. The number of hydrogen-bond acceptors (Lipinski definition) is 9. The van der Waals surface area contributed by atoms with Crippen molar-refractivity contribution in [3.05, 3.63) is 34.9 Å². The number of allylic oxidation sites excluding steroid dienone is 3. The van der Waals surface area contributed by atoms with Gasteiger partial charge in [0.1, 0.15) is 23.3 Å². The third-order valence-electron chi connectivity index (χ3n) is 2.63. The number of rotatable bonds is 6. The molecule has 0 radical (unpaired) electrons. The van der Waals surface area contributed by atoms with E-state index in [4.69, 9.17) is 15.8 Å². The molecule has 0 aromatic rings. The second kappa shape index (κ2) is 15.3. The second-order valence-corrected chi connectivity index (χ2v) is 4.70. The fraction of sp³-hybridized carbons (Fsp3) is 0.333. The predicted octanol–water partition coefficient (Wildman–Crippen LogP) is -0.719. The molecule has 0 heterocycles. The Bertz CT molecular complexity index is 744. The van der Waals surface area contributed by atoms with Crippen molar-refractivity contribution >= 4 is 17.9 Å². The Labute approximate surface area is 162 Å². The topological polar surface area (TPSA) is 167 Å². The van der Waals surface area contributed by atoms with Crippen molar-refractivity contribution in [2.24, 2.45) is 5.92 Å². The molecule has 0 bridgehead atoms. The smallest absolute Gasteiger partial charge is 0.348 e. The number of hydrogen-bond donors (Lipinski definition) is 1. The fourth-order valence-corrected chi connectivity index (χ4v) is 1.44. The number of carbonyl (C=O) groups excluding carboxylic acids is 3. The van der Waals surface area contributed by atoms with Gasteiger partial charge in [-0.3, -0.25) is 4.79 Å². The van der Waals surface area contributed by atoms with E-state index in [0.29, 0.717) is 0 Å². The van der Waals surface area contributed by atoms with Crippen molar-refractivity contribution < 1.29 is 33.9 Å². The molecule has 148 valence electrons. The largest absolute Gasteiger partial charge is 0.468 e. The molecule has 10 heteroatoms. The Morgan fingerprint density at radius 2 is 1.25 bits per heavy atom. The summed E-state index contributed by atoms with van der Waals surface area (Å²) in [5.41, 5.74) is -1.07. The van der Waals surface area contributed by atoms with E-state index in [1.54, 1.807) is 18.2 Å². The van der Waals surface area contributed by atoms with Gasteiger partial charge in [-0.05, 0) is 23.8 Å². The standard InChI is InChI=1S/C16H13N3O6.C2H7N/c1-23-14(20)11(7-17)4-10(5-12(8-18)15(21)24-2)6-13(9-19)16(22)25-3;1-3-2/h4-6,11H,1-3H3;3H,1-2H3/p+1/b12-5-,13-6-;. The lowest BCUT2D eigenvalue weighted by Gasteiger charge is -2.04. The highest BCUT2D eigenvalue weighted by Gasteiger charge is 2.18. The Morgan fingerprint density at radius 1 is 0.857 bits per heavy atom. The van der Waals surface area contributed by atoms with Crippen molar-refractivity contribution in [1.29, 1.82) is 15.8 Å². The minimum atomic E-state index is -1.40. The summed E-state index contributed by atoms with van der Waals surface area (Å²) in [5, 5.41) is 29.0. The molecular weight excluding hydrogens is 368 g/mol. The Hall–Kier alpha value is -3.94. The molecule has 0 aliphatic rings. The van der Waals surface area contributed by atoms with Crippen molar-refractivity contribution in [3.8, 4) is 18.2 Å². The van der Waals surface area contributed by atoms with Gasteiger partial charge in [0.05, 0.1) is 41.5 Å². The lowest BCUT2D eigenvalue weighted by molar-refractivity contribution is -0.597. The molecule has 0 aromatic heterocycles. The van der Waals surface area contributed by atoms with Crippen LogP contribution in [-0.2, 0) is 28.6 Å². The number of nitrogens with two attached hydrogens (primary N) is 1. The van der Waals surface area contributed by atoms with Crippen LogP contribution in [0.1, 0.15) is 0 Å². The van der Waals surface area contributed by atoms with Crippen molar-refractivity contribution in [3.63, 3.8) is 0 Å². The SMILES string of the molecule is COC(=O)/C(C#N)=C\C(=CC(C#N)C(=O)OC)/C=C(/C#N)C(=O)OC.C[NH2+]C. The monoisotopic (exact) mass is 389 g/mol. The summed E-state index contributed by atoms with van der Waals surface area (Å²) in [6.07, 6.45) is 2.94. The molecule has 1 unspecified atom stereocenters. The molecule has 0 aliphatic heterocycles. The van der Waals surface area contributed by atoms with E-state index in [2.05, 4.69) is 14.2 Å². The zero-order valence-electron chi connectivity index (χ0n) is 16.2. The lowest BCUT2D eigenvalue weighted by Crippen LogP contribution is -2.74. The van der Waals surface area contributed by atoms with E-state index >= 15 is 0 Å². The summed E-state index contributed by atoms with van der Waals surface area (Å²) in [6.45, 7) is 0. The van der Waals surface area contributed by atoms with E-state index in [0.717, 1.165) is 39.6 Å². The molecule has 0 fully saturated rings. The van der Waals surface area contributed by atoms with E-state index < -0.39 is 35.0 Å². The summed E-state index contributed by atoms with van der Waals surface area (Å²) in [4.78, 5) is 34.5. The lowest BCUT2D eigenvalue weighted by atomic mass is 10.0. The number of esters is 3. The quantitative estimate of drug-likeness (QED) is 0.203. The highest BCUT2D eigenvalue weighted by molar-refractivity contribution is 5.95. The summed E-state index contributed by atoms with van der Waals surface area (Å²) < 4.78 is 13.3. The Morgan fingerprint density at radius 3 is 1.50 bits per heavy atom. The van der Waals surface area contributed by atoms with Crippen LogP contribution in [0, 0.1) is 39.9 Å². The molecular formula is C18H21N4O6+. The molecule has 2 N–H and O–H groups in total. The molecule has 1 atom stereocenters. The number of nitriles is 3. The van der Waals surface area contributed by atoms with Gasteiger partial charge in [0.2, 0.25) is 0 Å². The Balaban J connectivity index is 0. The van der Waals surface area contributed by atoms with Gasteiger partial charge in [0.15, 0.2) is 5.92 Å². The molecule has 0 aliphatic carbocycles. The average molecular weight is 389 g/mol. The van der Waals surface area contributed by atoms with Crippen LogP contribution in [0.4, 0.5) is 0 Å². The molecule has 28 heavy (non-hydrogen) atoms. The molecule has 0 spiro atoms. The minimum Gasteiger partial charge on any atom is -0.468 e. The summed E-state index contributed by atoms with van der Waals surface area (Å²) in [7, 11) is 7.17. The first-order valence-corrected chi connectivity index (χ1v) is 7.63. The van der Waals surface area contributed by atoms with Crippen LogP contribution >= 0.6 is 0 Å². The van der Waals surface area contributed by atoms with Gasteiger partial charge in [-0.15, -0.1) is 0 Å². The van der Waals surface area contributed by atoms with Crippen LogP contribution in [0.3, 0.4) is 0 Å². The highest BCUT2D eigenvalue weighted by Crippen LogP contribution is 2.14. The van der Waals surface area contributed by atoms with Crippen LogP contribution < -0.4 is 5.32 Å². The van der Waals surface area contributed by atoms with E-state index in [-0.39, 0.29) is 5.57 Å². The molecule has 0 rings (SSSR count). The zero-order chi connectivity index (χ0) is 22.1. The number of carbonyl (C=O) groups is 3. The van der Waals surface area contributed by atoms with Crippen molar-refractivity contribution in [1.82, 2.24) is 0 Å². The number of nitrogens with zero attached hydrogens (tertiary/aromatic N) is 3. The maximum absolute atomic E-state index is 11.5. The van der Waals surface area contributed by atoms with Crippen LogP contribution in [0.15, 0.2) is 34.9 Å². The summed E-state index contributed by atoms with van der Waals surface area (Å²) in [5.74, 6) is -4.27. The molecule has 0 saturated heterocycles. The summed E-state index contributed by atoms with van der Waals surface area (Å²) >= 11 is 0. The minimum absolute atomic E-state index is 0.110. The fourth-order valence-electron chi connectivity index (χ4n) is 1.44. The van der Waals surface area contributed by atoms with Crippen LogP contribution in [0.2, 0.25) is 0 Å². The van der Waals surface area contributed by atoms with Gasteiger partial charge in [0, 0.05) is 0 Å². The van der Waals surface area contributed by atoms with Crippen molar-refractivity contribution in [2.75, 3.05) is 35.4 Å². The zero-order valence-corrected chi connectivity index (χ0v) is 16.2. The van der Waals surface area contributed by atoms with Crippen LogP contribution in [0.5, 0.6) is 0 Å². The normalized spacial score (nSPS) is 11.1. The first-order chi connectivity index (χ1) is 13.3. The molecule has 0 aromatic carbocycles. The first-order valence-electron chi connectivity index (χ1n) is 7.63. The van der Waals surface area contributed by atoms with E-state index in [1.165, 1.54) is 0 Å².